The summed E-state index contributed by atoms with van der Waals surface area (Å²) >= 11 is 0. The number of carbonyl (C=O) groups excluding carboxylic acids is 1. The van der Waals surface area contributed by atoms with E-state index >= 15 is 0 Å². The maximum Gasteiger partial charge on any atom is 0.270 e. The third-order valence-corrected chi connectivity index (χ3v) is 4.60. The molecule has 5 heteroatoms. The Hall–Kier alpha value is -3.21. The van der Waals surface area contributed by atoms with Gasteiger partial charge < -0.3 is 10.2 Å². The minimum absolute atomic E-state index is 0.0981. The topological polar surface area (TPSA) is 58.1 Å². The average Bonchev–Trinajstić information content (AvgIpc) is 2.72. The molecular weight excluding hydrogens is 348 g/mol. The van der Waals surface area contributed by atoms with Crippen molar-refractivity contribution in [3.63, 3.8) is 0 Å². The first-order valence-corrected chi connectivity index (χ1v) is 9.57. The summed E-state index contributed by atoms with van der Waals surface area (Å²) in [6, 6.07) is 21.7. The van der Waals surface area contributed by atoms with Crippen LogP contribution in [0.2, 0.25) is 0 Å². The smallest absolute Gasteiger partial charge is 0.270 e. The predicted molar refractivity (Wildman–Crippen MR) is 112 cm³/mol. The molecule has 1 heterocycles. The molecule has 144 valence electrons. The molecular formula is C23H26N4O. The van der Waals surface area contributed by atoms with Crippen molar-refractivity contribution < 1.29 is 4.79 Å². The van der Waals surface area contributed by atoms with Gasteiger partial charge in [0, 0.05) is 18.8 Å². The van der Waals surface area contributed by atoms with E-state index in [9.17, 15) is 4.79 Å². The standard InChI is InChI=1S/C23H26N4O/c1-4-27(16-19-11-7-5-8-12-19)23-24-17(2)15-21(26-23)22(28)25-18(3)20-13-9-6-10-14-20/h5-15,18H,4,16H2,1-3H3,(H,25,28). The third-order valence-electron chi connectivity index (χ3n) is 4.60. The molecule has 28 heavy (non-hydrogen) atoms. The van der Waals surface area contributed by atoms with E-state index in [4.69, 9.17) is 0 Å². The first-order valence-electron chi connectivity index (χ1n) is 9.57. The molecule has 0 saturated heterocycles. The molecule has 0 fully saturated rings. The molecule has 0 aliphatic rings. The second kappa shape index (κ2) is 9.13. The minimum Gasteiger partial charge on any atom is -0.344 e. The Balaban J connectivity index is 1.79. The highest BCUT2D eigenvalue weighted by atomic mass is 16.1. The minimum atomic E-state index is -0.195. The quantitative estimate of drug-likeness (QED) is 0.670. The number of aromatic nitrogens is 2. The molecule has 0 aliphatic carbocycles. The summed E-state index contributed by atoms with van der Waals surface area (Å²) in [4.78, 5) is 24.0. The first kappa shape index (κ1) is 19.5. The Morgan fingerprint density at radius 3 is 2.32 bits per heavy atom. The Kier molecular flexibility index (Phi) is 6.37. The van der Waals surface area contributed by atoms with Gasteiger partial charge in [-0.25, -0.2) is 9.97 Å². The van der Waals surface area contributed by atoms with Crippen molar-refractivity contribution in [2.24, 2.45) is 0 Å². The summed E-state index contributed by atoms with van der Waals surface area (Å²) in [5, 5.41) is 3.03. The number of rotatable bonds is 7. The van der Waals surface area contributed by atoms with Crippen LogP contribution < -0.4 is 10.2 Å². The lowest BCUT2D eigenvalue weighted by Crippen LogP contribution is -2.29. The van der Waals surface area contributed by atoms with Crippen LogP contribution in [-0.2, 0) is 6.54 Å². The molecule has 0 radical (unpaired) electrons. The molecule has 0 bridgehead atoms. The van der Waals surface area contributed by atoms with E-state index in [-0.39, 0.29) is 11.9 Å². The number of hydrogen-bond acceptors (Lipinski definition) is 4. The third kappa shape index (κ3) is 4.94. The van der Waals surface area contributed by atoms with E-state index in [1.54, 1.807) is 6.07 Å². The van der Waals surface area contributed by atoms with E-state index < -0.39 is 0 Å². The number of nitrogens with zero attached hydrogens (tertiary/aromatic N) is 3. The zero-order valence-electron chi connectivity index (χ0n) is 16.6. The number of aryl methyl sites for hydroxylation is 1. The van der Waals surface area contributed by atoms with Crippen molar-refractivity contribution in [1.29, 1.82) is 0 Å². The highest BCUT2D eigenvalue weighted by Crippen LogP contribution is 2.16. The molecule has 1 aromatic heterocycles. The fraction of sp³-hybridized carbons (Fsp3) is 0.261. The van der Waals surface area contributed by atoms with Crippen molar-refractivity contribution in [2.75, 3.05) is 11.4 Å². The molecule has 3 rings (SSSR count). The fourth-order valence-corrected chi connectivity index (χ4v) is 3.03. The first-order chi connectivity index (χ1) is 13.6. The van der Waals surface area contributed by atoms with Crippen molar-refractivity contribution in [1.82, 2.24) is 15.3 Å². The van der Waals surface area contributed by atoms with Crippen LogP contribution in [0.1, 0.15) is 47.2 Å². The lowest BCUT2D eigenvalue weighted by molar-refractivity contribution is 0.0934. The summed E-state index contributed by atoms with van der Waals surface area (Å²) < 4.78 is 0. The molecule has 0 spiro atoms. The van der Waals surface area contributed by atoms with Crippen LogP contribution in [0.15, 0.2) is 66.7 Å². The number of benzene rings is 2. The lowest BCUT2D eigenvalue weighted by Gasteiger charge is -2.22. The van der Waals surface area contributed by atoms with Crippen molar-refractivity contribution in [3.05, 3.63) is 89.2 Å². The van der Waals surface area contributed by atoms with Crippen LogP contribution in [0.25, 0.3) is 0 Å². The van der Waals surface area contributed by atoms with Gasteiger partial charge in [0.25, 0.3) is 5.91 Å². The van der Waals surface area contributed by atoms with Gasteiger partial charge in [0.2, 0.25) is 5.95 Å². The van der Waals surface area contributed by atoms with Crippen molar-refractivity contribution in [3.8, 4) is 0 Å². The maximum absolute atomic E-state index is 12.8. The Morgan fingerprint density at radius 2 is 1.68 bits per heavy atom. The van der Waals surface area contributed by atoms with Gasteiger partial charge in [0.1, 0.15) is 5.69 Å². The van der Waals surface area contributed by atoms with Crippen LogP contribution in [0.5, 0.6) is 0 Å². The molecule has 3 aromatic rings. The summed E-state index contributed by atoms with van der Waals surface area (Å²) in [5.74, 6) is 0.378. The van der Waals surface area contributed by atoms with Gasteiger partial charge in [-0.05, 0) is 38.0 Å². The van der Waals surface area contributed by atoms with Gasteiger partial charge in [-0.1, -0.05) is 60.7 Å². The van der Waals surface area contributed by atoms with Gasteiger partial charge in [-0.2, -0.15) is 0 Å². The van der Waals surface area contributed by atoms with E-state index in [1.165, 1.54) is 5.56 Å². The van der Waals surface area contributed by atoms with Gasteiger partial charge in [-0.3, -0.25) is 4.79 Å². The summed E-state index contributed by atoms with van der Waals surface area (Å²) in [6.45, 7) is 7.36. The average molecular weight is 374 g/mol. The van der Waals surface area contributed by atoms with Gasteiger partial charge >= 0.3 is 0 Å². The summed E-state index contributed by atoms with van der Waals surface area (Å²) in [7, 11) is 0. The second-order valence-corrected chi connectivity index (χ2v) is 6.80. The predicted octanol–water partition coefficient (Wildman–Crippen LogP) is 4.30. The number of hydrogen-bond donors (Lipinski definition) is 1. The monoisotopic (exact) mass is 374 g/mol. The normalized spacial score (nSPS) is 11.7. The zero-order valence-corrected chi connectivity index (χ0v) is 16.6. The van der Waals surface area contributed by atoms with Gasteiger partial charge in [0.15, 0.2) is 0 Å². The van der Waals surface area contributed by atoms with Crippen LogP contribution in [0, 0.1) is 6.92 Å². The number of anilines is 1. The fourth-order valence-electron chi connectivity index (χ4n) is 3.03. The zero-order chi connectivity index (χ0) is 19.9. The van der Waals surface area contributed by atoms with Crippen molar-refractivity contribution in [2.45, 2.75) is 33.4 Å². The van der Waals surface area contributed by atoms with E-state index in [0.29, 0.717) is 18.2 Å². The number of carbonyl (C=O) groups is 1. The summed E-state index contributed by atoms with van der Waals surface area (Å²) in [5.41, 5.74) is 3.39. The Labute approximate surface area is 166 Å². The van der Waals surface area contributed by atoms with E-state index in [1.807, 2.05) is 62.4 Å². The lowest BCUT2D eigenvalue weighted by atomic mass is 10.1. The largest absolute Gasteiger partial charge is 0.344 e. The molecule has 0 aliphatic heterocycles. The molecule has 1 unspecified atom stereocenters. The SMILES string of the molecule is CCN(Cc1ccccc1)c1nc(C)cc(C(=O)NC(C)c2ccccc2)n1. The molecule has 2 aromatic carbocycles. The van der Waals surface area contributed by atoms with E-state index in [2.05, 4.69) is 39.2 Å². The van der Waals surface area contributed by atoms with Gasteiger partial charge in [-0.15, -0.1) is 0 Å². The highest BCUT2D eigenvalue weighted by molar-refractivity contribution is 5.92. The summed E-state index contributed by atoms with van der Waals surface area (Å²) in [6.07, 6.45) is 0. The molecule has 0 saturated carbocycles. The van der Waals surface area contributed by atoms with Crippen LogP contribution in [-0.4, -0.2) is 22.4 Å². The molecule has 1 N–H and O–H groups in total. The van der Waals surface area contributed by atoms with Crippen LogP contribution in [0.4, 0.5) is 5.95 Å². The van der Waals surface area contributed by atoms with Gasteiger partial charge in [0.05, 0.1) is 6.04 Å². The maximum atomic E-state index is 12.8. The van der Waals surface area contributed by atoms with Crippen LogP contribution >= 0.6 is 0 Å². The second-order valence-electron chi connectivity index (χ2n) is 6.80. The number of nitrogens with one attached hydrogen (secondary N) is 1. The Morgan fingerprint density at radius 1 is 1.04 bits per heavy atom. The van der Waals surface area contributed by atoms with Crippen LogP contribution in [0.3, 0.4) is 0 Å². The molecule has 1 atom stereocenters. The highest BCUT2D eigenvalue weighted by Gasteiger charge is 2.17. The van der Waals surface area contributed by atoms with E-state index in [0.717, 1.165) is 17.8 Å². The number of amides is 1. The molecule has 1 amide bonds. The molecule has 5 nitrogen and oxygen atoms in total. The van der Waals surface area contributed by atoms with Crippen molar-refractivity contribution >= 4 is 11.9 Å². The Bertz CT molecular complexity index is 912.